The summed E-state index contributed by atoms with van der Waals surface area (Å²) in [6.07, 6.45) is 8.34. The van der Waals surface area contributed by atoms with Gasteiger partial charge in [0.15, 0.2) is 0 Å². The maximum absolute atomic E-state index is 8.24. The van der Waals surface area contributed by atoms with Crippen molar-refractivity contribution >= 4 is 38.8 Å². The van der Waals surface area contributed by atoms with Crippen molar-refractivity contribution in [2.75, 3.05) is 26.4 Å². The number of hydrogen-bond acceptors (Lipinski definition) is 5. The van der Waals surface area contributed by atoms with Crippen LogP contribution >= 0.6 is 0 Å². The van der Waals surface area contributed by atoms with Crippen LogP contribution in [0.2, 0.25) is 0 Å². The minimum atomic E-state index is -2.57. The molecule has 0 heterocycles. The summed E-state index contributed by atoms with van der Waals surface area (Å²) in [7, 11) is -5.13. The van der Waals surface area contributed by atoms with Gasteiger partial charge in [0.1, 0.15) is 23.0 Å². The highest BCUT2D eigenvalue weighted by Crippen LogP contribution is 2.31. The predicted octanol–water partition coefficient (Wildman–Crippen LogP) is 12.0. The predicted molar refractivity (Wildman–Crippen MR) is 276 cm³/mol. The van der Waals surface area contributed by atoms with Crippen molar-refractivity contribution in [2.24, 2.45) is 0 Å². The molecule has 0 saturated carbocycles. The van der Waals surface area contributed by atoms with E-state index in [-0.39, 0.29) is 21.7 Å². The van der Waals surface area contributed by atoms with Crippen molar-refractivity contribution in [3.05, 3.63) is 95.1 Å². The molecule has 4 aromatic rings. The van der Waals surface area contributed by atoms with E-state index in [4.69, 9.17) is 23.1 Å². The van der Waals surface area contributed by atoms with Gasteiger partial charge >= 0.3 is 0 Å². The van der Waals surface area contributed by atoms with Crippen LogP contribution in [0.4, 0.5) is 0 Å². The Bertz CT molecular complexity index is 1740. The van der Waals surface area contributed by atoms with Gasteiger partial charge in [0.05, 0.1) is 26.4 Å². The Morgan fingerprint density at radius 3 is 0.698 bits per heavy atom. The Labute approximate surface area is 388 Å². The molecule has 0 bridgehead atoms. The molecule has 5 nitrogen and oxygen atoms in total. The average molecular weight is 895 g/mol. The average Bonchev–Trinajstić information content (AvgIpc) is 3.20. The van der Waals surface area contributed by atoms with Crippen LogP contribution in [0.5, 0.6) is 23.0 Å². The third-order valence-electron chi connectivity index (χ3n) is 11.7. The van der Waals surface area contributed by atoms with E-state index >= 15 is 0 Å². The molecule has 0 atom stereocenters. The van der Waals surface area contributed by atoms with Crippen LogP contribution in [-0.4, -0.2) is 44.5 Å². The molecule has 0 N–H and O–H groups in total. The van der Waals surface area contributed by atoms with Gasteiger partial charge in [0, 0.05) is 0 Å². The zero-order valence-electron chi connectivity index (χ0n) is 42.6. The summed E-state index contributed by atoms with van der Waals surface area (Å²) in [5.41, 5.74) is 4.59. The minimum Gasteiger partial charge on any atom is -0.494 e. The summed E-state index contributed by atoms with van der Waals surface area (Å²) in [6, 6.07) is 27.9. The number of benzene rings is 4. The summed E-state index contributed by atoms with van der Waals surface area (Å²) in [5, 5.41) is 4.87. The van der Waals surface area contributed by atoms with E-state index in [1.807, 2.05) is 0 Å². The Balaban J connectivity index is 2.16. The van der Waals surface area contributed by atoms with E-state index in [1.165, 1.54) is 43.0 Å². The van der Waals surface area contributed by atoms with Crippen LogP contribution < -0.4 is 39.7 Å². The summed E-state index contributed by atoms with van der Waals surface area (Å²) < 4.78 is 34.7. The van der Waals surface area contributed by atoms with Gasteiger partial charge in [-0.05, 0) is 139 Å². The SMILES string of the molecule is CCCCOc1cc([SiH](O[SiH](c2cc(OCCCC)cc(C(C)(C)C)c2)c2cc(OCCCC)cc(C(C)(C)C)c2)c2cc(OCCCC)cc(C(C)(C)C)c2)cc(C(C)(C)C)c1. The van der Waals surface area contributed by atoms with Crippen LogP contribution in [0.1, 0.15) is 184 Å². The second-order valence-electron chi connectivity index (χ2n) is 21.9. The highest BCUT2D eigenvalue weighted by Gasteiger charge is 2.33. The Kier molecular flexibility index (Phi) is 19.1. The van der Waals surface area contributed by atoms with E-state index in [1.54, 1.807) is 0 Å². The molecule has 0 aliphatic rings. The molecular formula is C56H86O5Si2. The summed E-state index contributed by atoms with van der Waals surface area (Å²) in [5.74, 6) is 3.66. The molecule has 4 rings (SSSR count). The minimum absolute atomic E-state index is 0.103. The van der Waals surface area contributed by atoms with Crippen LogP contribution in [0.3, 0.4) is 0 Å². The highest BCUT2D eigenvalue weighted by atomic mass is 28.4. The number of unbranched alkanes of at least 4 members (excludes halogenated alkanes) is 4. The number of hydrogen-bond donors (Lipinski definition) is 0. The van der Waals surface area contributed by atoms with E-state index < -0.39 is 18.1 Å². The van der Waals surface area contributed by atoms with Gasteiger partial charge in [-0.1, -0.05) is 161 Å². The van der Waals surface area contributed by atoms with E-state index in [2.05, 4.69) is 184 Å². The first-order valence-electron chi connectivity index (χ1n) is 24.4. The molecule has 63 heavy (non-hydrogen) atoms. The van der Waals surface area contributed by atoms with Crippen molar-refractivity contribution in [1.29, 1.82) is 0 Å². The molecule has 348 valence electrons. The molecular weight excluding hydrogens is 809 g/mol. The first-order chi connectivity index (χ1) is 29.6. The van der Waals surface area contributed by atoms with Gasteiger partial charge in [-0.25, -0.2) is 0 Å². The van der Waals surface area contributed by atoms with Crippen molar-refractivity contribution in [1.82, 2.24) is 0 Å². The fraction of sp³-hybridized carbons (Fsp3) is 0.571. The lowest BCUT2D eigenvalue weighted by Crippen LogP contribution is -2.56. The second-order valence-corrected chi connectivity index (χ2v) is 27.1. The first kappa shape index (κ1) is 52.1. The first-order valence-corrected chi connectivity index (χ1v) is 27.6. The normalized spacial score (nSPS) is 12.6. The number of ether oxygens (including phenoxy) is 4. The van der Waals surface area contributed by atoms with Crippen molar-refractivity contribution in [3.8, 4) is 23.0 Å². The fourth-order valence-electron chi connectivity index (χ4n) is 7.33. The zero-order chi connectivity index (χ0) is 46.6. The lowest BCUT2D eigenvalue weighted by Gasteiger charge is -2.31. The smallest absolute Gasteiger partial charge is 0.229 e. The van der Waals surface area contributed by atoms with E-state index in [0.29, 0.717) is 26.4 Å². The highest BCUT2D eigenvalue weighted by molar-refractivity contribution is 6.92. The Morgan fingerprint density at radius 2 is 0.524 bits per heavy atom. The maximum Gasteiger partial charge on any atom is 0.229 e. The molecule has 0 radical (unpaired) electrons. The third-order valence-corrected chi connectivity index (χ3v) is 17.7. The fourth-order valence-corrected chi connectivity index (χ4v) is 14.3. The van der Waals surface area contributed by atoms with Gasteiger partial charge in [-0.3, -0.25) is 0 Å². The van der Waals surface area contributed by atoms with E-state index in [9.17, 15) is 0 Å². The lowest BCUT2D eigenvalue weighted by molar-refractivity contribution is 0.308. The second kappa shape index (κ2) is 23.1. The molecule has 0 amide bonds. The molecule has 0 unspecified atom stereocenters. The van der Waals surface area contributed by atoms with Crippen LogP contribution in [0, 0.1) is 0 Å². The maximum atomic E-state index is 8.24. The van der Waals surface area contributed by atoms with Crippen LogP contribution in [0.25, 0.3) is 0 Å². The topological polar surface area (TPSA) is 46.2 Å². The molecule has 4 aromatic carbocycles. The van der Waals surface area contributed by atoms with Gasteiger partial charge in [-0.2, -0.15) is 0 Å². The Hall–Kier alpha value is -3.53. The van der Waals surface area contributed by atoms with Crippen LogP contribution in [0.15, 0.2) is 72.8 Å². The van der Waals surface area contributed by atoms with Gasteiger partial charge in [0.25, 0.3) is 0 Å². The molecule has 0 fully saturated rings. The number of rotatable bonds is 22. The molecule has 0 saturated heterocycles. The van der Waals surface area contributed by atoms with E-state index in [0.717, 1.165) is 74.4 Å². The van der Waals surface area contributed by atoms with Crippen molar-refractivity contribution in [3.63, 3.8) is 0 Å². The molecule has 0 aliphatic carbocycles. The summed E-state index contributed by atoms with van der Waals surface area (Å²) >= 11 is 0. The standard InChI is InChI=1S/C56H86O5Si2/c1-17-21-25-57-45-29-41(53(5,6)7)33-49(37-45)62(50-34-42(54(8,9)10)30-46(38-50)58-26-22-18-2)61-63(51-35-43(55(11,12)13)31-47(39-51)59-27-23-19-3)52-36-44(56(14,15)16)32-48(40-52)60-28-24-20-4/h29-40,62-63H,17-28H2,1-16H3. The van der Waals surface area contributed by atoms with Crippen LogP contribution in [-0.2, 0) is 25.8 Å². The summed E-state index contributed by atoms with van der Waals surface area (Å²) in [6.45, 7) is 39.2. The zero-order valence-corrected chi connectivity index (χ0v) is 44.9. The third kappa shape index (κ3) is 15.8. The molecule has 7 heteroatoms. The largest absolute Gasteiger partial charge is 0.494 e. The van der Waals surface area contributed by atoms with Gasteiger partial charge < -0.3 is 23.1 Å². The monoisotopic (exact) mass is 895 g/mol. The lowest BCUT2D eigenvalue weighted by atomic mass is 9.87. The summed E-state index contributed by atoms with van der Waals surface area (Å²) in [4.78, 5) is 0. The van der Waals surface area contributed by atoms with Crippen molar-refractivity contribution < 1.29 is 23.1 Å². The van der Waals surface area contributed by atoms with Gasteiger partial charge in [-0.15, -0.1) is 0 Å². The van der Waals surface area contributed by atoms with Gasteiger partial charge in [0.2, 0.25) is 18.1 Å². The van der Waals surface area contributed by atoms with Crippen molar-refractivity contribution in [2.45, 2.75) is 184 Å². The Morgan fingerprint density at radius 1 is 0.317 bits per heavy atom. The molecule has 0 aromatic heterocycles. The molecule has 0 aliphatic heterocycles. The quantitative estimate of drug-likeness (QED) is 0.0581. The molecule has 0 spiro atoms.